The third-order valence-corrected chi connectivity index (χ3v) is 6.43. The number of para-hydroxylation sites is 1. The van der Waals surface area contributed by atoms with Gasteiger partial charge < -0.3 is 9.47 Å². The van der Waals surface area contributed by atoms with E-state index in [2.05, 4.69) is 30.3 Å². The third kappa shape index (κ3) is 8.54. The van der Waals surface area contributed by atoms with Crippen LogP contribution < -0.4 is 4.90 Å². The summed E-state index contributed by atoms with van der Waals surface area (Å²) < 4.78 is 13.4. The number of hydrogen-bond acceptors (Lipinski definition) is 5. The molecule has 0 N–H and O–H groups in total. The normalized spacial score (nSPS) is 11.2. The Kier molecular flexibility index (Phi) is 10.3. The molecule has 0 fully saturated rings. The molecule has 0 saturated carbocycles. The van der Waals surface area contributed by atoms with E-state index < -0.39 is 11.7 Å². The predicted octanol–water partition coefficient (Wildman–Crippen LogP) is 7.27. The first-order valence-electron chi connectivity index (χ1n) is 14.1. The van der Waals surface area contributed by atoms with Crippen LogP contribution in [-0.4, -0.2) is 34.7 Å². The van der Waals surface area contributed by atoms with Gasteiger partial charge in [0, 0.05) is 13.0 Å². The quantitative estimate of drug-likeness (QED) is 0.173. The van der Waals surface area contributed by atoms with Gasteiger partial charge in [-0.3, -0.25) is 4.90 Å². The Bertz CT molecular complexity index is 1420. The number of hydrogen-bond donors (Lipinski definition) is 0. The smallest absolute Gasteiger partial charge is 0.416 e. The van der Waals surface area contributed by atoms with Crippen molar-refractivity contribution in [1.29, 1.82) is 5.26 Å². The topological polar surface area (TPSA) is 80.4 Å². The van der Waals surface area contributed by atoms with Gasteiger partial charge in [-0.2, -0.15) is 10.4 Å². The second-order valence-corrected chi connectivity index (χ2v) is 10.9. The van der Waals surface area contributed by atoms with Crippen LogP contribution in [0, 0.1) is 11.3 Å². The molecule has 0 atom stereocenters. The number of unbranched alkanes of at least 4 members (excludes halogenated alkanes) is 1. The highest BCUT2D eigenvalue weighted by atomic mass is 16.6. The summed E-state index contributed by atoms with van der Waals surface area (Å²) in [7, 11) is 0. The number of rotatable bonds is 12. The molecule has 212 valence electrons. The fraction of sp³-hybridized carbons (Fsp3) is 0.324. The van der Waals surface area contributed by atoms with E-state index in [-0.39, 0.29) is 6.54 Å². The summed E-state index contributed by atoms with van der Waals surface area (Å²) in [6, 6.07) is 31.9. The minimum Gasteiger partial charge on any atom is -0.443 e. The molecule has 41 heavy (non-hydrogen) atoms. The summed E-state index contributed by atoms with van der Waals surface area (Å²) in [6.07, 6.45) is 2.92. The van der Waals surface area contributed by atoms with Crippen LogP contribution in [0.1, 0.15) is 56.0 Å². The number of nitriles is 1. The van der Waals surface area contributed by atoms with Gasteiger partial charge in [0.25, 0.3) is 0 Å². The van der Waals surface area contributed by atoms with E-state index in [0.717, 1.165) is 30.5 Å². The summed E-state index contributed by atoms with van der Waals surface area (Å²) in [5, 5.41) is 15.2. The van der Waals surface area contributed by atoms with Crippen LogP contribution in [0.4, 0.5) is 10.6 Å². The maximum atomic E-state index is 13.6. The van der Waals surface area contributed by atoms with Gasteiger partial charge in [-0.05, 0) is 63.3 Å². The number of amides is 1. The highest BCUT2D eigenvalue weighted by molar-refractivity contribution is 5.89. The third-order valence-electron chi connectivity index (χ3n) is 6.43. The van der Waals surface area contributed by atoms with Crippen LogP contribution in [0.15, 0.2) is 91.0 Å². The Morgan fingerprint density at radius 1 is 0.854 bits per heavy atom. The molecule has 0 unspecified atom stereocenters. The molecular weight excluding hydrogens is 512 g/mol. The van der Waals surface area contributed by atoms with Crippen molar-refractivity contribution >= 4 is 11.9 Å². The van der Waals surface area contributed by atoms with E-state index >= 15 is 0 Å². The van der Waals surface area contributed by atoms with Crippen LogP contribution in [0.3, 0.4) is 0 Å². The second-order valence-electron chi connectivity index (χ2n) is 10.9. The molecule has 0 aliphatic carbocycles. The number of aryl methyl sites for hydroxylation is 1. The molecule has 1 aromatic heterocycles. The van der Waals surface area contributed by atoms with Gasteiger partial charge in [-0.1, -0.05) is 78.9 Å². The minimum atomic E-state index is -0.715. The lowest BCUT2D eigenvalue weighted by Gasteiger charge is -2.28. The van der Waals surface area contributed by atoms with Crippen molar-refractivity contribution in [2.75, 3.05) is 18.1 Å². The van der Waals surface area contributed by atoms with Gasteiger partial charge in [0.1, 0.15) is 17.2 Å². The first-order valence-corrected chi connectivity index (χ1v) is 14.1. The van der Waals surface area contributed by atoms with E-state index in [1.165, 1.54) is 10.5 Å². The molecule has 0 aliphatic heterocycles. The van der Waals surface area contributed by atoms with Crippen molar-refractivity contribution in [2.24, 2.45) is 0 Å². The molecule has 0 radical (unpaired) electrons. The monoisotopic (exact) mass is 550 g/mol. The van der Waals surface area contributed by atoms with Crippen LogP contribution in [0.5, 0.6) is 0 Å². The first-order chi connectivity index (χ1) is 19.9. The van der Waals surface area contributed by atoms with Crippen molar-refractivity contribution < 1.29 is 14.3 Å². The number of benzene rings is 3. The molecule has 3 aromatic carbocycles. The maximum Gasteiger partial charge on any atom is 0.416 e. The molecule has 4 aromatic rings. The number of ether oxygens (including phenoxy) is 2. The lowest BCUT2D eigenvalue weighted by atomic mass is 10.1. The van der Waals surface area contributed by atoms with E-state index in [1.807, 2.05) is 87.5 Å². The maximum absolute atomic E-state index is 13.6. The minimum absolute atomic E-state index is 0.223. The predicted molar refractivity (Wildman–Crippen MR) is 161 cm³/mol. The summed E-state index contributed by atoms with van der Waals surface area (Å²) >= 11 is 0. The Labute approximate surface area is 242 Å². The molecule has 0 saturated heterocycles. The second kappa shape index (κ2) is 14.3. The average Bonchev–Trinajstić information content (AvgIpc) is 3.34. The molecule has 4 rings (SSSR count). The molecular formula is C34H38N4O3. The molecule has 7 nitrogen and oxygen atoms in total. The highest BCUT2D eigenvalue weighted by Crippen LogP contribution is 2.30. The van der Waals surface area contributed by atoms with E-state index in [0.29, 0.717) is 36.7 Å². The molecule has 0 spiro atoms. The zero-order valence-electron chi connectivity index (χ0n) is 24.1. The van der Waals surface area contributed by atoms with Gasteiger partial charge in [-0.15, -0.1) is 0 Å². The van der Waals surface area contributed by atoms with E-state index in [1.54, 1.807) is 4.68 Å². The number of aromatic nitrogens is 2. The van der Waals surface area contributed by atoms with Crippen molar-refractivity contribution in [3.63, 3.8) is 0 Å². The largest absolute Gasteiger partial charge is 0.443 e. The Morgan fingerprint density at radius 3 is 2.07 bits per heavy atom. The van der Waals surface area contributed by atoms with Gasteiger partial charge in [-0.25, -0.2) is 9.48 Å². The van der Waals surface area contributed by atoms with Crippen molar-refractivity contribution in [3.05, 3.63) is 113 Å². The molecule has 7 heteroatoms. The fourth-order valence-corrected chi connectivity index (χ4v) is 4.50. The summed E-state index contributed by atoms with van der Waals surface area (Å²) in [5.41, 5.74) is 3.18. The molecule has 1 heterocycles. The molecule has 0 bridgehead atoms. The molecule has 0 aliphatic rings. The Hall–Kier alpha value is -4.41. The standard InChI is InChI=1S/C34H38N4O3/c1-34(2,3)41-33(39)37(26-28-18-9-5-10-19-28)32-30(25-35)31(36-38(32)29-20-11-6-12-21-29)22-24-40-23-14-13-17-27-15-7-4-8-16-27/h4-12,15-16,18-21H,13-14,17,22-24,26H2,1-3H3. The van der Waals surface area contributed by atoms with Crippen molar-refractivity contribution in [1.82, 2.24) is 9.78 Å². The highest BCUT2D eigenvalue weighted by Gasteiger charge is 2.31. The van der Waals surface area contributed by atoms with E-state index in [9.17, 15) is 10.1 Å². The fourth-order valence-electron chi connectivity index (χ4n) is 4.50. The van der Waals surface area contributed by atoms with Gasteiger partial charge in [0.05, 0.1) is 24.5 Å². The van der Waals surface area contributed by atoms with Crippen molar-refractivity contribution in [3.8, 4) is 11.8 Å². The summed E-state index contributed by atoms with van der Waals surface area (Å²) in [5.74, 6) is 0.384. The number of carbonyl (C=O) groups excluding carboxylic acids is 1. The molecule has 1 amide bonds. The van der Waals surface area contributed by atoms with Crippen LogP contribution in [0.2, 0.25) is 0 Å². The first kappa shape index (κ1) is 29.6. The zero-order chi connectivity index (χ0) is 29.1. The van der Waals surface area contributed by atoms with Crippen LogP contribution >= 0.6 is 0 Å². The lowest BCUT2D eigenvalue weighted by Crippen LogP contribution is -2.38. The van der Waals surface area contributed by atoms with Gasteiger partial charge in [0.15, 0.2) is 5.82 Å². The summed E-state index contributed by atoms with van der Waals surface area (Å²) in [4.78, 5) is 15.1. The average molecular weight is 551 g/mol. The number of carbonyl (C=O) groups is 1. The van der Waals surface area contributed by atoms with Gasteiger partial charge >= 0.3 is 6.09 Å². The van der Waals surface area contributed by atoms with Crippen molar-refractivity contribution in [2.45, 2.75) is 58.6 Å². The number of anilines is 1. The summed E-state index contributed by atoms with van der Waals surface area (Å²) in [6.45, 7) is 6.77. The lowest BCUT2D eigenvalue weighted by molar-refractivity contribution is 0.0575. The van der Waals surface area contributed by atoms with Gasteiger partial charge in [0.2, 0.25) is 0 Å². The van der Waals surface area contributed by atoms with E-state index in [4.69, 9.17) is 14.6 Å². The van der Waals surface area contributed by atoms with Crippen LogP contribution in [0.25, 0.3) is 5.69 Å². The Balaban J connectivity index is 1.56. The Morgan fingerprint density at radius 2 is 1.46 bits per heavy atom. The number of nitrogens with zero attached hydrogens (tertiary/aromatic N) is 4. The SMILES string of the molecule is CC(C)(C)OC(=O)N(Cc1ccccc1)c1c(C#N)c(CCOCCCCc2ccccc2)nn1-c1ccccc1. The zero-order valence-corrected chi connectivity index (χ0v) is 24.1. The van der Waals surface area contributed by atoms with Crippen LogP contribution in [-0.2, 0) is 28.9 Å².